The van der Waals surface area contributed by atoms with Gasteiger partial charge in [-0.3, -0.25) is 4.98 Å². The molecule has 0 bridgehead atoms. The van der Waals surface area contributed by atoms with E-state index in [1.807, 2.05) is 0 Å². The molecule has 0 atom stereocenters. The van der Waals surface area contributed by atoms with Gasteiger partial charge in [0.05, 0.1) is 37.9 Å². The number of benzene rings is 2. The van der Waals surface area contributed by atoms with Crippen molar-refractivity contribution in [3.63, 3.8) is 0 Å². The van der Waals surface area contributed by atoms with Crippen LogP contribution in [0.5, 0.6) is 0 Å². The van der Waals surface area contributed by atoms with Crippen molar-refractivity contribution in [3.05, 3.63) is 76.1 Å². The predicted molar refractivity (Wildman–Crippen MR) is 107 cm³/mol. The summed E-state index contributed by atoms with van der Waals surface area (Å²) in [5.41, 5.74) is 2.29. The van der Waals surface area contributed by atoms with Crippen LogP contribution in [0.1, 0.15) is 0 Å². The second-order valence-corrected chi connectivity index (χ2v) is 8.79. The first-order chi connectivity index (χ1) is 12.8. The second kappa shape index (κ2) is 6.80. The Morgan fingerprint density at radius 2 is 1.56 bits per heavy atom. The Labute approximate surface area is 170 Å². The molecule has 0 aliphatic rings. The molecule has 0 saturated carbocycles. The third kappa shape index (κ3) is 3.41. The zero-order chi connectivity index (χ0) is 19.2. The summed E-state index contributed by atoms with van der Waals surface area (Å²) in [6.45, 7) is 0. The van der Waals surface area contributed by atoms with Crippen molar-refractivity contribution >= 4 is 55.9 Å². The zero-order valence-electron chi connectivity index (χ0n) is 13.5. The summed E-state index contributed by atoms with van der Waals surface area (Å²) in [5.74, 6) is 0. The number of fused-ring (bicyclic) bond motifs is 1. The van der Waals surface area contributed by atoms with Crippen LogP contribution in [0.25, 0.3) is 22.3 Å². The van der Waals surface area contributed by atoms with Gasteiger partial charge in [0.2, 0.25) is 0 Å². The molecular weight excluding hydrogens is 429 g/mol. The van der Waals surface area contributed by atoms with E-state index in [1.165, 1.54) is 36.7 Å². The van der Waals surface area contributed by atoms with E-state index >= 15 is 0 Å². The van der Waals surface area contributed by atoms with Crippen LogP contribution in [0.3, 0.4) is 0 Å². The molecule has 0 fully saturated rings. The van der Waals surface area contributed by atoms with Crippen LogP contribution in [0.4, 0.5) is 0 Å². The van der Waals surface area contributed by atoms with Crippen molar-refractivity contribution in [1.82, 2.24) is 13.9 Å². The average Bonchev–Trinajstić information content (AvgIpc) is 3.14. The van der Waals surface area contributed by atoms with Gasteiger partial charge in [0.1, 0.15) is 0 Å². The molecule has 4 rings (SSSR count). The Hall–Kier alpha value is -2.12. The maximum atomic E-state index is 12.7. The van der Waals surface area contributed by atoms with E-state index in [0.29, 0.717) is 37.4 Å². The van der Waals surface area contributed by atoms with Crippen LogP contribution < -0.4 is 0 Å². The number of nitrogens with zero attached hydrogens (tertiary/aromatic N) is 3. The summed E-state index contributed by atoms with van der Waals surface area (Å²) >= 11 is 17.9. The largest absolute Gasteiger partial charge is 0.267 e. The van der Waals surface area contributed by atoms with Crippen LogP contribution >= 0.6 is 34.8 Å². The van der Waals surface area contributed by atoms with Crippen molar-refractivity contribution in [2.45, 2.75) is 4.90 Å². The molecule has 4 aromatic rings. The Morgan fingerprint density at radius 1 is 0.889 bits per heavy atom. The molecule has 0 spiro atoms. The molecule has 0 N–H and O–H groups in total. The van der Waals surface area contributed by atoms with Gasteiger partial charge in [-0.05, 0) is 42.5 Å². The van der Waals surface area contributed by atoms with E-state index in [0.717, 1.165) is 3.97 Å². The third-order valence-electron chi connectivity index (χ3n) is 3.94. The van der Waals surface area contributed by atoms with Gasteiger partial charge in [-0.15, -0.1) is 0 Å². The normalized spacial score (nSPS) is 11.8. The van der Waals surface area contributed by atoms with E-state index in [4.69, 9.17) is 34.8 Å². The molecule has 27 heavy (non-hydrogen) atoms. The molecular formula is C18H10Cl3N3O2S. The highest BCUT2D eigenvalue weighted by atomic mass is 35.5. The Bertz CT molecular complexity index is 1270. The first kappa shape index (κ1) is 18.3. The maximum Gasteiger partial charge on any atom is 0.267 e. The summed E-state index contributed by atoms with van der Waals surface area (Å²) in [7, 11) is -3.73. The molecule has 2 heterocycles. The van der Waals surface area contributed by atoms with Gasteiger partial charge >= 0.3 is 0 Å². The molecule has 0 aliphatic heterocycles. The fraction of sp³-hybridized carbons (Fsp3) is 0. The Morgan fingerprint density at radius 3 is 2.26 bits per heavy atom. The van der Waals surface area contributed by atoms with Gasteiger partial charge in [0.25, 0.3) is 10.0 Å². The number of aromatic nitrogens is 3. The van der Waals surface area contributed by atoms with Crippen LogP contribution in [-0.4, -0.2) is 22.4 Å². The van der Waals surface area contributed by atoms with Gasteiger partial charge in [0, 0.05) is 23.0 Å². The lowest BCUT2D eigenvalue weighted by molar-refractivity contribution is 0.587. The number of rotatable bonds is 3. The molecule has 0 radical (unpaired) electrons. The van der Waals surface area contributed by atoms with Gasteiger partial charge in [-0.1, -0.05) is 34.8 Å². The van der Waals surface area contributed by atoms with Crippen molar-refractivity contribution in [1.29, 1.82) is 0 Å². The number of halogens is 3. The van der Waals surface area contributed by atoms with E-state index in [1.54, 1.807) is 24.4 Å². The summed E-state index contributed by atoms with van der Waals surface area (Å²) < 4.78 is 26.6. The Kier molecular flexibility index (Phi) is 4.60. The first-order valence-electron chi connectivity index (χ1n) is 7.66. The molecule has 5 nitrogen and oxygen atoms in total. The van der Waals surface area contributed by atoms with Gasteiger partial charge in [-0.25, -0.2) is 17.4 Å². The van der Waals surface area contributed by atoms with E-state index in [-0.39, 0.29) is 4.90 Å². The van der Waals surface area contributed by atoms with Gasteiger partial charge in [-0.2, -0.15) is 0 Å². The Balaban J connectivity index is 1.75. The molecule has 0 amide bonds. The monoisotopic (exact) mass is 437 g/mol. The zero-order valence-corrected chi connectivity index (χ0v) is 16.6. The van der Waals surface area contributed by atoms with Crippen LogP contribution in [0, 0.1) is 0 Å². The minimum absolute atomic E-state index is 0.139. The third-order valence-corrected chi connectivity index (χ3v) is 6.56. The van der Waals surface area contributed by atoms with Crippen molar-refractivity contribution < 1.29 is 8.42 Å². The molecule has 136 valence electrons. The SMILES string of the molecule is O=S(=O)(c1ccc(Cl)cc1)n1ccc(-c2cnc3cc(Cl)c(Cl)cc3n2)c1. The van der Waals surface area contributed by atoms with Crippen LogP contribution in [0.2, 0.25) is 15.1 Å². The quantitative estimate of drug-likeness (QED) is 0.435. The molecule has 0 saturated heterocycles. The molecule has 2 aromatic carbocycles. The number of hydrogen-bond acceptors (Lipinski definition) is 4. The summed E-state index contributed by atoms with van der Waals surface area (Å²) in [6, 6.07) is 10.9. The van der Waals surface area contributed by atoms with E-state index < -0.39 is 10.0 Å². The van der Waals surface area contributed by atoms with Crippen molar-refractivity contribution in [2.75, 3.05) is 0 Å². The minimum atomic E-state index is -3.73. The highest BCUT2D eigenvalue weighted by molar-refractivity contribution is 7.90. The lowest BCUT2D eigenvalue weighted by Gasteiger charge is -2.06. The van der Waals surface area contributed by atoms with Crippen molar-refractivity contribution in [3.8, 4) is 11.3 Å². The second-order valence-electron chi connectivity index (χ2n) is 5.70. The van der Waals surface area contributed by atoms with E-state index in [2.05, 4.69) is 9.97 Å². The topological polar surface area (TPSA) is 64.8 Å². The molecule has 0 unspecified atom stereocenters. The molecule has 9 heteroatoms. The van der Waals surface area contributed by atoms with E-state index in [9.17, 15) is 8.42 Å². The fourth-order valence-corrected chi connectivity index (χ4v) is 4.19. The minimum Gasteiger partial charge on any atom is -0.252 e. The highest BCUT2D eigenvalue weighted by Crippen LogP contribution is 2.28. The predicted octanol–water partition coefficient (Wildman–Crippen LogP) is 5.30. The highest BCUT2D eigenvalue weighted by Gasteiger charge is 2.17. The smallest absolute Gasteiger partial charge is 0.252 e. The molecule has 2 aromatic heterocycles. The van der Waals surface area contributed by atoms with Crippen LogP contribution in [0.15, 0.2) is 66.0 Å². The fourth-order valence-electron chi connectivity index (χ4n) is 2.55. The molecule has 0 aliphatic carbocycles. The first-order valence-corrected chi connectivity index (χ1v) is 10.2. The lowest BCUT2D eigenvalue weighted by atomic mass is 10.2. The lowest BCUT2D eigenvalue weighted by Crippen LogP contribution is -2.10. The van der Waals surface area contributed by atoms with Crippen molar-refractivity contribution in [2.24, 2.45) is 0 Å². The summed E-state index contributed by atoms with van der Waals surface area (Å²) in [4.78, 5) is 8.95. The summed E-state index contributed by atoms with van der Waals surface area (Å²) in [6.07, 6.45) is 4.50. The average molecular weight is 439 g/mol. The maximum absolute atomic E-state index is 12.7. The number of hydrogen-bond donors (Lipinski definition) is 0. The van der Waals surface area contributed by atoms with Crippen LogP contribution in [-0.2, 0) is 10.0 Å². The standard InChI is InChI=1S/C18H10Cl3N3O2S/c19-12-1-3-13(4-2-12)27(25,26)24-6-5-11(10-24)18-9-22-16-7-14(20)15(21)8-17(16)23-18/h1-10H. The van der Waals surface area contributed by atoms with Gasteiger partial charge < -0.3 is 0 Å². The summed E-state index contributed by atoms with van der Waals surface area (Å²) in [5, 5.41) is 1.23. The van der Waals surface area contributed by atoms with Gasteiger partial charge in [0.15, 0.2) is 0 Å².